The van der Waals surface area contributed by atoms with Gasteiger partial charge in [-0.3, -0.25) is 9.71 Å². The van der Waals surface area contributed by atoms with E-state index in [9.17, 15) is 8.42 Å². The van der Waals surface area contributed by atoms with Crippen LogP contribution < -0.4 is 10.5 Å². The van der Waals surface area contributed by atoms with Gasteiger partial charge in [0.2, 0.25) is 5.89 Å². The van der Waals surface area contributed by atoms with Crippen LogP contribution in [0.2, 0.25) is 0 Å². The molecule has 27 heavy (non-hydrogen) atoms. The summed E-state index contributed by atoms with van der Waals surface area (Å²) in [4.78, 5) is 9.19. The van der Waals surface area contributed by atoms with Gasteiger partial charge in [0, 0.05) is 12.0 Å². The molecule has 10 heteroatoms. The Labute approximate surface area is 164 Å². The highest BCUT2D eigenvalue weighted by molar-refractivity contribution is 7.90. The van der Waals surface area contributed by atoms with Gasteiger partial charge in [-0.05, 0) is 31.9 Å². The molecule has 0 radical (unpaired) electrons. The first-order chi connectivity index (χ1) is 12.4. The number of hydrogen-bond acceptors (Lipinski definition) is 7. The van der Waals surface area contributed by atoms with Gasteiger partial charge in [0.15, 0.2) is 5.82 Å². The molecule has 1 aliphatic carbocycles. The van der Waals surface area contributed by atoms with Crippen molar-refractivity contribution in [1.82, 2.24) is 14.9 Å². The molecule has 2 aromatic rings. The Morgan fingerprint density at radius 3 is 2.78 bits per heavy atom. The molecule has 2 heterocycles. The van der Waals surface area contributed by atoms with Crippen molar-refractivity contribution in [2.24, 2.45) is 10.7 Å². The lowest BCUT2D eigenvalue weighted by atomic mass is 9.99. The van der Waals surface area contributed by atoms with E-state index in [1.54, 1.807) is 24.3 Å². The number of halogens is 1. The summed E-state index contributed by atoms with van der Waals surface area (Å²) in [5.74, 6) is 1.36. The van der Waals surface area contributed by atoms with Crippen molar-refractivity contribution in [2.45, 2.75) is 55.5 Å². The second-order valence-electron chi connectivity index (χ2n) is 7.01. The van der Waals surface area contributed by atoms with Crippen molar-refractivity contribution in [3.05, 3.63) is 41.5 Å². The van der Waals surface area contributed by atoms with E-state index in [4.69, 9.17) is 10.3 Å². The van der Waals surface area contributed by atoms with Gasteiger partial charge < -0.3 is 10.3 Å². The van der Waals surface area contributed by atoms with Gasteiger partial charge in [0.05, 0.1) is 16.5 Å². The van der Waals surface area contributed by atoms with E-state index in [1.165, 1.54) is 0 Å². The fourth-order valence-corrected chi connectivity index (χ4v) is 4.76. The number of aliphatic imine (C=N–C) groups is 1. The quantitative estimate of drug-likeness (QED) is 0.791. The molecule has 0 bridgehead atoms. The molecule has 0 spiro atoms. The van der Waals surface area contributed by atoms with Crippen LogP contribution in [-0.2, 0) is 22.0 Å². The minimum atomic E-state index is -3.54. The van der Waals surface area contributed by atoms with E-state index in [-0.39, 0.29) is 23.3 Å². The predicted molar refractivity (Wildman–Crippen MR) is 102 cm³/mol. The molecule has 1 aliphatic heterocycles. The Hall–Kier alpha value is -1.97. The zero-order chi connectivity index (χ0) is 18.4. The van der Waals surface area contributed by atoms with Gasteiger partial charge in [-0.15, -0.1) is 12.4 Å². The molecule has 1 aromatic heterocycles. The van der Waals surface area contributed by atoms with E-state index in [2.05, 4.69) is 19.9 Å². The average molecular weight is 412 g/mol. The van der Waals surface area contributed by atoms with Gasteiger partial charge in [0.1, 0.15) is 5.84 Å². The maximum absolute atomic E-state index is 12.1. The maximum atomic E-state index is 12.1. The predicted octanol–water partition coefficient (Wildman–Crippen LogP) is 1.89. The highest BCUT2D eigenvalue weighted by Crippen LogP contribution is 2.34. The van der Waals surface area contributed by atoms with Crippen LogP contribution in [0.15, 0.2) is 38.7 Å². The van der Waals surface area contributed by atoms with Crippen LogP contribution in [0.1, 0.15) is 49.9 Å². The SMILES string of the molecule is CC(Cc1nc(C2(N)CCCC2)no1)N=C1NS(=O)(=O)c2ccccc21.Cl. The third kappa shape index (κ3) is 3.71. The molecule has 3 N–H and O–H groups in total. The Morgan fingerprint density at radius 1 is 1.33 bits per heavy atom. The molecule has 4 rings (SSSR count). The Morgan fingerprint density at radius 2 is 2.04 bits per heavy atom. The third-order valence-corrected chi connectivity index (χ3v) is 6.29. The summed E-state index contributed by atoms with van der Waals surface area (Å²) in [6.45, 7) is 1.87. The van der Waals surface area contributed by atoms with Crippen molar-refractivity contribution in [1.29, 1.82) is 0 Å². The van der Waals surface area contributed by atoms with Crippen molar-refractivity contribution < 1.29 is 12.9 Å². The molecule has 1 saturated carbocycles. The van der Waals surface area contributed by atoms with E-state index >= 15 is 0 Å². The summed E-state index contributed by atoms with van der Waals surface area (Å²) < 4.78 is 32.1. The second kappa shape index (κ2) is 7.21. The lowest BCUT2D eigenvalue weighted by Gasteiger charge is -2.17. The number of benzene rings is 1. The highest BCUT2D eigenvalue weighted by Gasteiger charge is 2.36. The number of amidine groups is 1. The lowest BCUT2D eigenvalue weighted by molar-refractivity contribution is 0.345. The summed E-state index contributed by atoms with van der Waals surface area (Å²) in [5, 5.41) is 4.04. The van der Waals surface area contributed by atoms with Crippen LogP contribution in [0.3, 0.4) is 0 Å². The summed E-state index contributed by atoms with van der Waals surface area (Å²) in [5.41, 5.74) is 6.44. The summed E-state index contributed by atoms with van der Waals surface area (Å²) in [6, 6.07) is 6.55. The Kier molecular flexibility index (Phi) is 5.29. The van der Waals surface area contributed by atoms with Crippen LogP contribution in [0.5, 0.6) is 0 Å². The molecule has 0 amide bonds. The number of nitrogens with two attached hydrogens (primary N) is 1. The van der Waals surface area contributed by atoms with E-state index in [0.29, 0.717) is 29.5 Å². The maximum Gasteiger partial charge on any atom is 0.263 e. The molecule has 146 valence electrons. The molecular weight excluding hydrogens is 390 g/mol. The molecule has 1 unspecified atom stereocenters. The molecular formula is C17H22ClN5O3S. The Bertz CT molecular complexity index is 966. The minimum absolute atomic E-state index is 0. The molecule has 8 nitrogen and oxygen atoms in total. The third-order valence-electron chi connectivity index (χ3n) is 4.89. The number of fused-ring (bicyclic) bond motifs is 1. The van der Waals surface area contributed by atoms with Gasteiger partial charge in [-0.1, -0.05) is 30.1 Å². The van der Waals surface area contributed by atoms with Gasteiger partial charge in [-0.25, -0.2) is 8.42 Å². The lowest BCUT2D eigenvalue weighted by Crippen LogP contribution is -2.34. The zero-order valence-corrected chi connectivity index (χ0v) is 16.5. The summed E-state index contributed by atoms with van der Waals surface area (Å²) in [6.07, 6.45) is 4.29. The molecule has 1 aromatic carbocycles. The van der Waals surface area contributed by atoms with E-state index < -0.39 is 15.6 Å². The smallest absolute Gasteiger partial charge is 0.263 e. The van der Waals surface area contributed by atoms with Gasteiger partial charge in [-0.2, -0.15) is 4.98 Å². The van der Waals surface area contributed by atoms with Crippen molar-refractivity contribution >= 4 is 28.3 Å². The van der Waals surface area contributed by atoms with Crippen LogP contribution in [0.4, 0.5) is 0 Å². The summed E-state index contributed by atoms with van der Waals surface area (Å²) in [7, 11) is -3.54. The summed E-state index contributed by atoms with van der Waals surface area (Å²) >= 11 is 0. The standard InChI is InChI=1S/C17H21N5O3S.ClH/c1-11(10-14-20-16(21-25-14)17(18)8-4-5-9-17)19-15-12-6-2-3-7-13(12)26(23,24)22-15;/h2-3,6-7,11H,4-5,8-10,18H2,1H3,(H,19,22);1H. The van der Waals surface area contributed by atoms with Gasteiger partial charge in [0.25, 0.3) is 10.0 Å². The first-order valence-electron chi connectivity index (χ1n) is 8.69. The molecule has 0 saturated heterocycles. The van der Waals surface area contributed by atoms with E-state index in [1.807, 2.05) is 6.92 Å². The first-order valence-corrected chi connectivity index (χ1v) is 10.2. The van der Waals surface area contributed by atoms with Crippen molar-refractivity contribution in [3.63, 3.8) is 0 Å². The average Bonchev–Trinajstić information content (AvgIpc) is 3.29. The fourth-order valence-electron chi connectivity index (χ4n) is 3.52. The number of nitrogens with zero attached hydrogens (tertiary/aromatic N) is 3. The molecule has 1 fully saturated rings. The number of rotatable bonds is 4. The minimum Gasteiger partial charge on any atom is -0.339 e. The number of nitrogens with one attached hydrogen (secondary N) is 1. The van der Waals surface area contributed by atoms with E-state index in [0.717, 1.165) is 25.7 Å². The van der Waals surface area contributed by atoms with Crippen molar-refractivity contribution in [2.75, 3.05) is 0 Å². The number of hydrogen-bond donors (Lipinski definition) is 2. The molecule has 1 atom stereocenters. The monoisotopic (exact) mass is 411 g/mol. The highest BCUT2D eigenvalue weighted by atomic mass is 35.5. The number of aromatic nitrogens is 2. The van der Waals surface area contributed by atoms with Crippen LogP contribution in [-0.4, -0.2) is 30.4 Å². The largest absolute Gasteiger partial charge is 0.339 e. The number of sulfonamides is 1. The van der Waals surface area contributed by atoms with Crippen LogP contribution in [0, 0.1) is 0 Å². The van der Waals surface area contributed by atoms with Crippen LogP contribution in [0.25, 0.3) is 0 Å². The Balaban J connectivity index is 0.00000210. The second-order valence-corrected chi connectivity index (χ2v) is 8.66. The van der Waals surface area contributed by atoms with Crippen LogP contribution >= 0.6 is 12.4 Å². The van der Waals surface area contributed by atoms with Gasteiger partial charge >= 0.3 is 0 Å². The normalized spacial score (nSPS) is 22.1. The first kappa shape index (κ1) is 19.8. The fraction of sp³-hybridized carbons (Fsp3) is 0.471. The topological polar surface area (TPSA) is 123 Å². The zero-order valence-electron chi connectivity index (χ0n) is 14.9. The van der Waals surface area contributed by atoms with Crippen molar-refractivity contribution in [3.8, 4) is 0 Å². The molecule has 2 aliphatic rings.